The maximum atomic E-state index is 12.9. The molecular formula is C61H118O17P2. The van der Waals surface area contributed by atoms with Gasteiger partial charge in [-0.15, -0.1) is 0 Å². The predicted octanol–water partition coefficient (Wildman–Crippen LogP) is 16.2. The van der Waals surface area contributed by atoms with Crippen LogP contribution in [0.15, 0.2) is 0 Å². The fourth-order valence-electron chi connectivity index (χ4n) is 8.87. The number of phosphoric acid groups is 2. The molecule has 80 heavy (non-hydrogen) atoms. The van der Waals surface area contributed by atoms with E-state index in [4.69, 9.17) is 37.0 Å². The Balaban J connectivity index is 5.25. The largest absolute Gasteiger partial charge is 0.472 e. The van der Waals surface area contributed by atoms with E-state index < -0.39 is 97.5 Å². The van der Waals surface area contributed by atoms with Crippen molar-refractivity contribution in [1.82, 2.24) is 0 Å². The van der Waals surface area contributed by atoms with Crippen LogP contribution in [-0.4, -0.2) is 96.7 Å². The Bertz CT molecular complexity index is 1610. The summed E-state index contributed by atoms with van der Waals surface area (Å²) in [6.45, 7) is 13.8. The lowest BCUT2D eigenvalue weighted by molar-refractivity contribution is -0.161. The molecular weight excluding hydrogens is 1070 g/mol. The minimum Gasteiger partial charge on any atom is -0.462 e. The zero-order chi connectivity index (χ0) is 59.7. The number of hydrogen-bond acceptors (Lipinski definition) is 15. The lowest BCUT2D eigenvalue weighted by Gasteiger charge is -2.21. The quantitative estimate of drug-likeness (QED) is 0.0222. The molecule has 0 saturated heterocycles. The van der Waals surface area contributed by atoms with Crippen LogP contribution in [0.2, 0.25) is 0 Å². The summed E-state index contributed by atoms with van der Waals surface area (Å²) in [5.41, 5.74) is 0. The van der Waals surface area contributed by atoms with Gasteiger partial charge in [0.1, 0.15) is 19.3 Å². The van der Waals surface area contributed by atoms with Crippen molar-refractivity contribution >= 4 is 39.5 Å². The van der Waals surface area contributed by atoms with Crippen LogP contribution in [0.25, 0.3) is 0 Å². The number of carbonyl (C=O) groups is 4. The van der Waals surface area contributed by atoms with Crippen molar-refractivity contribution < 1.29 is 80.2 Å². The summed E-state index contributed by atoms with van der Waals surface area (Å²) in [6, 6.07) is 0. The van der Waals surface area contributed by atoms with Gasteiger partial charge in [-0.05, 0) is 49.4 Å². The van der Waals surface area contributed by atoms with Crippen molar-refractivity contribution in [2.45, 2.75) is 305 Å². The highest BCUT2D eigenvalue weighted by molar-refractivity contribution is 7.47. The van der Waals surface area contributed by atoms with Crippen molar-refractivity contribution in [3.05, 3.63) is 0 Å². The van der Waals surface area contributed by atoms with Crippen molar-refractivity contribution in [2.24, 2.45) is 23.7 Å². The third kappa shape index (κ3) is 54.0. The molecule has 0 amide bonds. The number of rotatable bonds is 58. The van der Waals surface area contributed by atoms with Crippen molar-refractivity contribution in [2.75, 3.05) is 39.6 Å². The van der Waals surface area contributed by atoms with Gasteiger partial charge in [-0.3, -0.25) is 37.3 Å². The summed E-state index contributed by atoms with van der Waals surface area (Å²) in [7, 11) is -9.88. The van der Waals surface area contributed by atoms with Gasteiger partial charge in [-0.2, -0.15) is 0 Å². The third-order valence-electron chi connectivity index (χ3n) is 14.2. The average molecular weight is 1190 g/mol. The van der Waals surface area contributed by atoms with Gasteiger partial charge in [0.05, 0.1) is 26.4 Å². The number of carbonyl (C=O) groups excluding carboxylic acids is 4. The van der Waals surface area contributed by atoms with Gasteiger partial charge in [-0.25, -0.2) is 9.13 Å². The lowest BCUT2D eigenvalue weighted by atomic mass is 10.00. The minimum absolute atomic E-state index is 0.100. The normalized spacial score (nSPS) is 14.9. The molecule has 0 spiro atoms. The van der Waals surface area contributed by atoms with Crippen LogP contribution in [-0.2, 0) is 65.4 Å². The van der Waals surface area contributed by atoms with Gasteiger partial charge in [0.2, 0.25) is 0 Å². The Morgan fingerprint density at radius 1 is 0.350 bits per heavy atom. The van der Waals surface area contributed by atoms with Crippen molar-refractivity contribution in [1.29, 1.82) is 0 Å². The summed E-state index contributed by atoms with van der Waals surface area (Å²) < 4.78 is 67.8. The highest BCUT2D eigenvalue weighted by Crippen LogP contribution is 2.45. The monoisotopic (exact) mass is 1180 g/mol. The number of aliphatic hydroxyl groups is 1. The molecule has 19 heteroatoms. The van der Waals surface area contributed by atoms with E-state index in [0.717, 1.165) is 115 Å². The molecule has 0 aromatic carbocycles. The molecule has 0 saturated carbocycles. The van der Waals surface area contributed by atoms with Crippen LogP contribution in [0.4, 0.5) is 0 Å². The number of phosphoric ester groups is 2. The van der Waals surface area contributed by atoms with Crippen LogP contribution in [0.3, 0.4) is 0 Å². The Morgan fingerprint density at radius 2 is 0.600 bits per heavy atom. The number of ether oxygens (including phenoxy) is 4. The zero-order valence-electron chi connectivity index (χ0n) is 51.7. The first-order valence-corrected chi connectivity index (χ1v) is 34.7. The van der Waals surface area contributed by atoms with E-state index >= 15 is 0 Å². The van der Waals surface area contributed by atoms with E-state index in [1.165, 1.54) is 77.0 Å². The van der Waals surface area contributed by atoms with Crippen LogP contribution < -0.4 is 0 Å². The second-order valence-electron chi connectivity index (χ2n) is 23.8. The average Bonchev–Trinajstić information content (AvgIpc) is 3.40. The standard InChI is InChI=1S/C61H118O17P2/c1-9-54(8)40-32-24-18-20-26-34-42-59(64)72-48-56(77-60(65)43-35-27-15-11-10-13-21-29-37-51(2)3)49-75-79(67,68)73-45-55(62)46-74-80(69,70)76-50-57(78-61(66)44-36-28-19-17-23-31-39-53(6)7)47-71-58(63)41-33-25-16-12-14-22-30-38-52(4)5/h51-57,62H,9-50H2,1-8H3,(H,67,68)(H,69,70)/t54?,55-,56+,57+/m0/s1. The summed E-state index contributed by atoms with van der Waals surface area (Å²) in [4.78, 5) is 72.0. The second kappa shape index (κ2) is 51.5. The van der Waals surface area contributed by atoms with E-state index in [0.29, 0.717) is 37.5 Å². The number of esters is 4. The van der Waals surface area contributed by atoms with Crippen LogP contribution in [0.1, 0.15) is 287 Å². The number of unbranched alkanes of at least 4 members (excludes halogenated alkanes) is 23. The van der Waals surface area contributed by atoms with Gasteiger partial charge >= 0.3 is 39.5 Å². The summed E-state index contributed by atoms with van der Waals surface area (Å²) >= 11 is 0. The van der Waals surface area contributed by atoms with Crippen LogP contribution in [0.5, 0.6) is 0 Å². The van der Waals surface area contributed by atoms with Gasteiger partial charge in [0.15, 0.2) is 12.2 Å². The van der Waals surface area contributed by atoms with Gasteiger partial charge in [-0.1, -0.05) is 235 Å². The first-order chi connectivity index (χ1) is 38.1. The smallest absolute Gasteiger partial charge is 0.462 e. The molecule has 0 bridgehead atoms. The van der Waals surface area contributed by atoms with Gasteiger partial charge in [0.25, 0.3) is 0 Å². The van der Waals surface area contributed by atoms with Crippen molar-refractivity contribution in [3.8, 4) is 0 Å². The molecule has 0 aromatic rings. The molecule has 0 aliphatic heterocycles. The fraction of sp³-hybridized carbons (Fsp3) is 0.934. The second-order valence-corrected chi connectivity index (χ2v) is 26.7. The highest BCUT2D eigenvalue weighted by atomic mass is 31.2. The van der Waals surface area contributed by atoms with Crippen LogP contribution >= 0.6 is 15.6 Å². The molecule has 0 radical (unpaired) electrons. The first-order valence-electron chi connectivity index (χ1n) is 31.7. The van der Waals surface area contributed by atoms with Crippen molar-refractivity contribution in [3.63, 3.8) is 0 Å². The molecule has 0 aromatic heterocycles. The topological polar surface area (TPSA) is 237 Å². The van der Waals surface area contributed by atoms with Crippen LogP contribution in [0, 0.1) is 23.7 Å². The Labute approximate surface area is 486 Å². The molecule has 3 N–H and O–H groups in total. The Morgan fingerprint density at radius 3 is 0.887 bits per heavy atom. The van der Waals surface area contributed by atoms with E-state index in [1.807, 2.05) is 0 Å². The molecule has 0 fully saturated rings. The third-order valence-corrected chi connectivity index (χ3v) is 16.1. The summed E-state index contributed by atoms with van der Waals surface area (Å²) in [5, 5.41) is 10.5. The Hall–Kier alpha value is -1.94. The minimum atomic E-state index is -4.94. The molecule has 0 aliphatic carbocycles. The molecule has 17 nitrogen and oxygen atoms in total. The maximum absolute atomic E-state index is 12.9. The lowest BCUT2D eigenvalue weighted by Crippen LogP contribution is -2.30. The van der Waals surface area contributed by atoms with Gasteiger partial charge in [0, 0.05) is 25.7 Å². The summed E-state index contributed by atoms with van der Waals surface area (Å²) in [5.74, 6) is 0.674. The number of aliphatic hydroxyl groups excluding tert-OH is 1. The Kier molecular flexibility index (Phi) is 50.2. The van der Waals surface area contributed by atoms with E-state index in [9.17, 15) is 43.2 Å². The zero-order valence-corrected chi connectivity index (χ0v) is 53.5. The first kappa shape index (κ1) is 78.1. The SMILES string of the molecule is CCC(C)CCCCCCCCC(=O)OC[C@H](COP(=O)(O)OC[C@H](O)COP(=O)(O)OC[C@@H](COC(=O)CCCCCCCCCC(C)C)OC(=O)CCCCCCCCC(C)C)OC(=O)CCCCCCCCCCC(C)C. The maximum Gasteiger partial charge on any atom is 0.472 e. The fourth-order valence-corrected chi connectivity index (χ4v) is 10.4. The van der Waals surface area contributed by atoms with E-state index in [-0.39, 0.29) is 25.7 Å². The molecule has 0 aliphatic rings. The summed E-state index contributed by atoms with van der Waals surface area (Å²) in [6.07, 6.45) is 29.7. The molecule has 0 heterocycles. The molecule has 6 atom stereocenters. The molecule has 0 rings (SSSR count). The van der Waals surface area contributed by atoms with E-state index in [1.54, 1.807) is 0 Å². The molecule has 3 unspecified atom stereocenters. The highest BCUT2D eigenvalue weighted by Gasteiger charge is 2.30. The predicted molar refractivity (Wildman–Crippen MR) is 317 cm³/mol. The number of hydrogen-bond donors (Lipinski definition) is 3. The van der Waals surface area contributed by atoms with Gasteiger partial charge < -0.3 is 33.8 Å². The van der Waals surface area contributed by atoms with E-state index in [2.05, 4.69) is 55.4 Å². The molecule has 474 valence electrons.